The van der Waals surface area contributed by atoms with Crippen LogP contribution in [-0.2, 0) is 9.59 Å². The summed E-state index contributed by atoms with van der Waals surface area (Å²) < 4.78 is 27.0. The molecule has 2 N–H and O–H groups in total. The maximum atomic E-state index is 13.5. The normalized spacial score (nSPS) is 15.4. The van der Waals surface area contributed by atoms with E-state index in [1.807, 2.05) is 0 Å². The number of nitrogens with two attached hydrogens (primary N) is 1. The molecule has 0 radical (unpaired) electrons. The Bertz CT molecular complexity index is 576. The van der Waals surface area contributed by atoms with Crippen molar-refractivity contribution in [1.82, 2.24) is 4.90 Å². The summed E-state index contributed by atoms with van der Waals surface area (Å²) in [7, 11) is 0. The van der Waals surface area contributed by atoms with Crippen molar-refractivity contribution in [1.29, 1.82) is 0 Å². The van der Waals surface area contributed by atoms with Gasteiger partial charge in [-0.25, -0.2) is 8.78 Å². The van der Waals surface area contributed by atoms with Crippen molar-refractivity contribution in [2.45, 2.75) is 31.7 Å². The molecule has 6 heteroatoms. The molecule has 4 nitrogen and oxygen atoms in total. The molecule has 0 aromatic heterocycles. The van der Waals surface area contributed by atoms with Crippen molar-refractivity contribution in [2.24, 2.45) is 5.73 Å². The Balaban J connectivity index is 2.16. The van der Waals surface area contributed by atoms with E-state index in [0.717, 1.165) is 50.0 Å². The highest BCUT2D eigenvalue weighted by Gasteiger charge is 2.26. The van der Waals surface area contributed by atoms with Crippen molar-refractivity contribution in [3.8, 4) is 0 Å². The number of carbonyl (C=O) groups is 2. The summed E-state index contributed by atoms with van der Waals surface area (Å²) in [5.41, 5.74) is 4.90. The van der Waals surface area contributed by atoms with E-state index in [0.29, 0.717) is 0 Å². The highest BCUT2D eigenvalue weighted by Crippen LogP contribution is 2.24. The van der Waals surface area contributed by atoms with Gasteiger partial charge in [-0.2, -0.15) is 0 Å². The van der Waals surface area contributed by atoms with Crippen molar-refractivity contribution < 1.29 is 18.4 Å². The third kappa shape index (κ3) is 3.90. The number of carbonyl (C=O) groups excluding carboxylic acids is 2. The van der Waals surface area contributed by atoms with Gasteiger partial charge in [-0.1, -0.05) is 18.9 Å². The lowest BCUT2D eigenvalue weighted by molar-refractivity contribution is -0.133. The first-order valence-electron chi connectivity index (χ1n) is 7.20. The van der Waals surface area contributed by atoms with Gasteiger partial charge in [0.25, 0.3) is 0 Å². The van der Waals surface area contributed by atoms with Crippen LogP contribution in [0.4, 0.5) is 8.78 Å². The zero-order valence-electron chi connectivity index (χ0n) is 12.1. The van der Waals surface area contributed by atoms with Crippen LogP contribution in [0.1, 0.15) is 31.2 Å². The van der Waals surface area contributed by atoms with Crippen LogP contribution >= 0.6 is 0 Å². The van der Waals surface area contributed by atoms with Gasteiger partial charge < -0.3 is 10.6 Å². The third-order valence-electron chi connectivity index (χ3n) is 3.77. The van der Waals surface area contributed by atoms with E-state index in [4.69, 9.17) is 5.73 Å². The first-order chi connectivity index (χ1) is 10.5. The fourth-order valence-corrected chi connectivity index (χ4v) is 2.69. The Kier molecular flexibility index (Phi) is 5.25. The maximum Gasteiger partial charge on any atom is 0.247 e. The average Bonchev–Trinajstić information content (AvgIpc) is 2.97. The summed E-state index contributed by atoms with van der Waals surface area (Å²) in [5, 5.41) is 0. The molecule has 0 saturated heterocycles. The summed E-state index contributed by atoms with van der Waals surface area (Å²) >= 11 is 0. The number of amides is 2. The number of halogens is 2. The van der Waals surface area contributed by atoms with Gasteiger partial charge in [0.1, 0.15) is 11.6 Å². The predicted molar refractivity (Wildman–Crippen MR) is 78.6 cm³/mol. The standard InChI is InChI=1S/C16H18F2N2O2/c17-13-6-3-7-14(18)12(13)8-9-16(22)20(10-15(19)21)11-4-1-2-5-11/h3,6-9,11H,1-2,4-5,10H2,(H2,19,21). The maximum absolute atomic E-state index is 13.5. The molecule has 118 valence electrons. The molecular weight excluding hydrogens is 290 g/mol. The van der Waals surface area contributed by atoms with Crippen LogP contribution < -0.4 is 5.73 Å². The van der Waals surface area contributed by atoms with Crippen LogP contribution in [0, 0.1) is 11.6 Å². The number of benzene rings is 1. The third-order valence-corrected chi connectivity index (χ3v) is 3.77. The van der Waals surface area contributed by atoms with Crippen LogP contribution in [0.15, 0.2) is 24.3 Å². The Hall–Kier alpha value is -2.24. The smallest absolute Gasteiger partial charge is 0.247 e. The molecule has 2 amide bonds. The van der Waals surface area contributed by atoms with Gasteiger partial charge in [0.15, 0.2) is 0 Å². The van der Waals surface area contributed by atoms with Crippen LogP contribution in [-0.4, -0.2) is 29.3 Å². The summed E-state index contributed by atoms with van der Waals surface area (Å²) in [5.74, 6) is -2.56. The lowest BCUT2D eigenvalue weighted by Crippen LogP contribution is -2.43. The summed E-state index contributed by atoms with van der Waals surface area (Å²) in [6, 6.07) is 3.44. The SMILES string of the molecule is NC(=O)CN(C(=O)C=Cc1c(F)cccc1F)C1CCCC1. The number of rotatable bonds is 5. The largest absolute Gasteiger partial charge is 0.368 e. The number of primary amides is 1. The van der Waals surface area contributed by atoms with Gasteiger partial charge in [0.2, 0.25) is 11.8 Å². The van der Waals surface area contributed by atoms with E-state index in [1.54, 1.807) is 0 Å². The predicted octanol–water partition coefficient (Wildman–Crippen LogP) is 2.23. The second kappa shape index (κ2) is 7.15. The fraction of sp³-hybridized carbons (Fsp3) is 0.375. The lowest BCUT2D eigenvalue weighted by Gasteiger charge is -2.26. The molecule has 0 heterocycles. The lowest BCUT2D eigenvalue weighted by atomic mass is 10.1. The summed E-state index contributed by atoms with van der Waals surface area (Å²) in [6.07, 6.45) is 5.76. The zero-order valence-corrected chi connectivity index (χ0v) is 12.1. The second-order valence-corrected chi connectivity index (χ2v) is 5.34. The summed E-state index contributed by atoms with van der Waals surface area (Å²) in [4.78, 5) is 24.8. The minimum atomic E-state index is -0.744. The number of hydrogen-bond acceptors (Lipinski definition) is 2. The van der Waals surface area contributed by atoms with E-state index in [9.17, 15) is 18.4 Å². The van der Waals surface area contributed by atoms with Gasteiger partial charge in [0.05, 0.1) is 6.54 Å². The molecule has 2 rings (SSSR count). The minimum absolute atomic E-state index is 0.0462. The molecule has 0 unspecified atom stereocenters. The van der Waals surface area contributed by atoms with E-state index < -0.39 is 23.4 Å². The van der Waals surface area contributed by atoms with Crippen molar-refractivity contribution >= 4 is 17.9 Å². The highest BCUT2D eigenvalue weighted by atomic mass is 19.1. The molecule has 0 bridgehead atoms. The molecule has 1 aliphatic carbocycles. The summed E-state index contributed by atoms with van der Waals surface area (Å²) in [6.45, 7) is -0.187. The molecule has 0 aliphatic heterocycles. The van der Waals surface area contributed by atoms with Crippen LogP contribution in [0.25, 0.3) is 6.08 Å². The van der Waals surface area contributed by atoms with Crippen molar-refractivity contribution in [3.63, 3.8) is 0 Å². The van der Waals surface area contributed by atoms with Gasteiger partial charge in [-0.3, -0.25) is 9.59 Å². The molecule has 22 heavy (non-hydrogen) atoms. The molecule has 0 atom stereocenters. The van der Waals surface area contributed by atoms with E-state index in [1.165, 1.54) is 11.0 Å². The number of hydrogen-bond donors (Lipinski definition) is 1. The van der Waals surface area contributed by atoms with Gasteiger partial charge in [-0.05, 0) is 31.1 Å². The minimum Gasteiger partial charge on any atom is -0.368 e. The van der Waals surface area contributed by atoms with Crippen molar-refractivity contribution in [2.75, 3.05) is 6.54 Å². The first-order valence-corrected chi connectivity index (χ1v) is 7.20. The van der Waals surface area contributed by atoms with Gasteiger partial charge in [-0.15, -0.1) is 0 Å². The van der Waals surface area contributed by atoms with Gasteiger partial charge >= 0.3 is 0 Å². The molecular formula is C16H18F2N2O2. The van der Waals surface area contributed by atoms with E-state index in [-0.39, 0.29) is 18.2 Å². The Morgan fingerprint density at radius 1 is 1.23 bits per heavy atom. The highest BCUT2D eigenvalue weighted by molar-refractivity contribution is 5.94. The van der Waals surface area contributed by atoms with Crippen molar-refractivity contribution in [3.05, 3.63) is 41.5 Å². The molecule has 1 aliphatic rings. The number of nitrogens with zero attached hydrogens (tertiary/aromatic N) is 1. The average molecular weight is 308 g/mol. The molecule has 1 saturated carbocycles. The molecule has 1 fully saturated rings. The Morgan fingerprint density at radius 3 is 2.36 bits per heavy atom. The Morgan fingerprint density at radius 2 is 1.82 bits per heavy atom. The Labute approximate surface area is 127 Å². The molecule has 0 spiro atoms. The quantitative estimate of drug-likeness (QED) is 0.848. The van der Waals surface area contributed by atoms with Gasteiger partial charge in [0, 0.05) is 17.7 Å². The van der Waals surface area contributed by atoms with Crippen LogP contribution in [0.2, 0.25) is 0 Å². The molecule has 1 aromatic carbocycles. The fourth-order valence-electron chi connectivity index (χ4n) is 2.69. The second-order valence-electron chi connectivity index (χ2n) is 5.34. The van der Waals surface area contributed by atoms with E-state index >= 15 is 0 Å². The first kappa shape index (κ1) is 16.1. The van der Waals surface area contributed by atoms with E-state index in [2.05, 4.69) is 0 Å². The zero-order chi connectivity index (χ0) is 16.1. The van der Waals surface area contributed by atoms with Crippen LogP contribution in [0.5, 0.6) is 0 Å². The van der Waals surface area contributed by atoms with Crippen LogP contribution in [0.3, 0.4) is 0 Å². The molecule has 1 aromatic rings. The monoisotopic (exact) mass is 308 g/mol. The topological polar surface area (TPSA) is 63.4 Å².